The zero-order chi connectivity index (χ0) is 18.6. The molecule has 0 bridgehead atoms. The number of nitrogens with one attached hydrogen (secondary N) is 1. The summed E-state index contributed by atoms with van der Waals surface area (Å²) in [5.74, 6) is 0.664. The van der Waals surface area contributed by atoms with Crippen molar-refractivity contribution in [2.45, 2.75) is 58.5 Å². The quantitative estimate of drug-likeness (QED) is 0.824. The van der Waals surface area contributed by atoms with Gasteiger partial charge in [0.15, 0.2) is 0 Å². The van der Waals surface area contributed by atoms with Crippen LogP contribution < -0.4 is 10.1 Å². The number of methoxy groups -OCH3 is 1. The average Bonchev–Trinajstić information content (AvgIpc) is 3.34. The number of ether oxygens (including phenoxy) is 1. The van der Waals surface area contributed by atoms with Gasteiger partial charge in [0.05, 0.1) is 13.0 Å². The van der Waals surface area contributed by atoms with Gasteiger partial charge >= 0.3 is 0 Å². The molecule has 2 amide bonds. The molecule has 1 aromatic carbocycles. The van der Waals surface area contributed by atoms with Gasteiger partial charge in [-0.3, -0.25) is 9.59 Å². The zero-order valence-electron chi connectivity index (χ0n) is 16.0. The number of rotatable bonds is 7. The summed E-state index contributed by atoms with van der Waals surface area (Å²) in [6, 6.07) is 7.16. The molecule has 2 atom stereocenters. The van der Waals surface area contributed by atoms with Crippen molar-refractivity contribution >= 4 is 11.8 Å². The molecule has 1 saturated carbocycles. The smallest absolute Gasteiger partial charge is 0.254 e. The van der Waals surface area contributed by atoms with Gasteiger partial charge in [-0.1, -0.05) is 13.3 Å². The van der Waals surface area contributed by atoms with E-state index in [9.17, 15) is 9.59 Å². The van der Waals surface area contributed by atoms with Crippen LogP contribution in [0.2, 0.25) is 0 Å². The molecule has 25 heavy (non-hydrogen) atoms. The molecule has 138 valence electrons. The number of benzene rings is 1. The van der Waals surface area contributed by atoms with E-state index >= 15 is 0 Å². The first-order valence-electron chi connectivity index (χ1n) is 9.04. The van der Waals surface area contributed by atoms with Crippen LogP contribution in [0, 0.1) is 5.92 Å². The number of amides is 2. The highest BCUT2D eigenvalue weighted by molar-refractivity contribution is 5.95. The third-order valence-corrected chi connectivity index (χ3v) is 4.34. The van der Waals surface area contributed by atoms with Crippen LogP contribution in [0.15, 0.2) is 24.3 Å². The standard InChI is InChI=1S/C20H30N2O3/c1-6-7-12-22(17-13-16(17)18(23)21-20(2,3)4)19(24)14-8-10-15(25-5)11-9-14/h8-11,16-17H,6-7,12-13H2,1-5H3,(H,21,23)/t16-,17-/m1/s1. The first-order valence-corrected chi connectivity index (χ1v) is 9.04. The molecule has 0 radical (unpaired) electrons. The van der Waals surface area contributed by atoms with Crippen LogP contribution in [0.4, 0.5) is 0 Å². The molecule has 0 unspecified atom stereocenters. The van der Waals surface area contributed by atoms with E-state index < -0.39 is 0 Å². The Labute approximate surface area is 150 Å². The monoisotopic (exact) mass is 346 g/mol. The third-order valence-electron chi connectivity index (χ3n) is 4.34. The first-order chi connectivity index (χ1) is 11.8. The molecule has 0 heterocycles. The predicted octanol–water partition coefficient (Wildman–Crippen LogP) is 3.24. The van der Waals surface area contributed by atoms with Gasteiger partial charge in [-0.15, -0.1) is 0 Å². The number of hydrogen-bond acceptors (Lipinski definition) is 3. The Morgan fingerprint density at radius 3 is 2.40 bits per heavy atom. The van der Waals surface area contributed by atoms with E-state index in [0.717, 1.165) is 25.0 Å². The van der Waals surface area contributed by atoms with Crippen LogP contribution in [0.1, 0.15) is 57.3 Å². The van der Waals surface area contributed by atoms with Crippen molar-refractivity contribution in [3.63, 3.8) is 0 Å². The molecule has 0 aliphatic heterocycles. The van der Waals surface area contributed by atoms with Crippen molar-refractivity contribution < 1.29 is 14.3 Å². The summed E-state index contributed by atoms with van der Waals surface area (Å²) in [5.41, 5.74) is 0.386. The minimum Gasteiger partial charge on any atom is -0.497 e. The Morgan fingerprint density at radius 1 is 1.24 bits per heavy atom. The molecule has 5 nitrogen and oxygen atoms in total. The molecule has 2 rings (SSSR count). The van der Waals surface area contributed by atoms with Gasteiger partial charge in [-0.25, -0.2) is 0 Å². The zero-order valence-corrected chi connectivity index (χ0v) is 16.0. The van der Waals surface area contributed by atoms with Gasteiger partial charge in [0, 0.05) is 23.7 Å². The molecule has 5 heteroatoms. The second-order valence-corrected chi connectivity index (χ2v) is 7.73. The summed E-state index contributed by atoms with van der Waals surface area (Å²) in [6.07, 6.45) is 2.69. The largest absolute Gasteiger partial charge is 0.497 e. The summed E-state index contributed by atoms with van der Waals surface area (Å²) in [7, 11) is 1.60. The van der Waals surface area contributed by atoms with Crippen LogP contribution in [-0.4, -0.2) is 41.9 Å². The summed E-state index contributed by atoms with van der Waals surface area (Å²) in [4.78, 5) is 27.2. The van der Waals surface area contributed by atoms with E-state index in [1.54, 1.807) is 31.4 Å². The van der Waals surface area contributed by atoms with Crippen molar-refractivity contribution in [3.8, 4) is 5.75 Å². The lowest BCUT2D eigenvalue weighted by Gasteiger charge is -2.25. The SMILES string of the molecule is CCCCN(C(=O)c1ccc(OC)cc1)[C@@H]1C[C@H]1C(=O)NC(C)(C)C. The Kier molecular flexibility index (Phi) is 6.09. The maximum Gasteiger partial charge on any atom is 0.254 e. The summed E-state index contributed by atoms with van der Waals surface area (Å²) < 4.78 is 5.15. The summed E-state index contributed by atoms with van der Waals surface area (Å²) >= 11 is 0. The Balaban J connectivity index is 2.08. The van der Waals surface area contributed by atoms with Crippen LogP contribution in [0.3, 0.4) is 0 Å². The summed E-state index contributed by atoms with van der Waals surface area (Å²) in [6.45, 7) is 8.71. The minimum atomic E-state index is -0.252. The van der Waals surface area contributed by atoms with Crippen LogP contribution in [0.25, 0.3) is 0 Å². The van der Waals surface area contributed by atoms with E-state index in [0.29, 0.717) is 12.1 Å². The first kappa shape index (κ1) is 19.3. The van der Waals surface area contributed by atoms with E-state index in [-0.39, 0.29) is 29.3 Å². The number of hydrogen-bond donors (Lipinski definition) is 1. The predicted molar refractivity (Wildman–Crippen MR) is 98.7 cm³/mol. The third kappa shape index (κ3) is 5.21. The Hall–Kier alpha value is -2.04. The molecule has 1 aliphatic rings. The van der Waals surface area contributed by atoms with Gasteiger partial charge in [-0.05, 0) is 57.9 Å². The molecule has 0 aromatic heterocycles. The van der Waals surface area contributed by atoms with Crippen molar-refractivity contribution in [3.05, 3.63) is 29.8 Å². The fraction of sp³-hybridized carbons (Fsp3) is 0.600. The lowest BCUT2D eigenvalue weighted by molar-refractivity contribution is -0.124. The number of unbranched alkanes of at least 4 members (excludes halogenated alkanes) is 1. The van der Waals surface area contributed by atoms with Gasteiger partial charge in [-0.2, -0.15) is 0 Å². The molecule has 1 aromatic rings. The lowest BCUT2D eigenvalue weighted by Crippen LogP contribution is -2.43. The maximum atomic E-state index is 12.9. The number of carbonyl (C=O) groups is 2. The second kappa shape index (κ2) is 7.89. The summed E-state index contributed by atoms with van der Waals surface area (Å²) in [5, 5.41) is 3.02. The fourth-order valence-electron chi connectivity index (χ4n) is 2.92. The highest BCUT2D eigenvalue weighted by Gasteiger charge is 2.48. The number of nitrogens with zero attached hydrogens (tertiary/aromatic N) is 1. The molecule has 1 N–H and O–H groups in total. The lowest BCUT2D eigenvalue weighted by atomic mass is 10.1. The minimum absolute atomic E-state index is 0.00324. The van der Waals surface area contributed by atoms with Gasteiger partial charge in [0.1, 0.15) is 5.75 Å². The highest BCUT2D eigenvalue weighted by Crippen LogP contribution is 2.37. The Bertz CT molecular complexity index is 604. The molecular weight excluding hydrogens is 316 g/mol. The van der Waals surface area contributed by atoms with Crippen LogP contribution >= 0.6 is 0 Å². The second-order valence-electron chi connectivity index (χ2n) is 7.73. The van der Waals surface area contributed by atoms with E-state index in [2.05, 4.69) is 12.2 Å². The molecule has 0 saturated heterocycles. The molecule has 1 fully saturated rings. The normalized spacial score (nSPS) is 19.2. The number of carbonyl (C=O) groups excluding carboxylic acids is 2. The fourth-order valence-corrected chi connectivity index (χ4v) is 2.92. The van der Waals surface area contributed by atoms with Crippen LogP contribution in [0.5, 0.6) is 5.75 Å². The van der Waals surface area contributed by atoms with Crippen LogP contribution in [-0.2, 0) is 4.79 Å². The van der Waals surface area contributed by atoms with Crippen molar-refractivity contribution in [2.75, 3.05) is 13.7 Å². The average molecular weight is 346 g/mol. The van der Waals surface area contributed by atoms with Gasteiger partial charge in [0.2, 0.25) is 5.91 Å². The van der Waals surface area contributed by atoms with E-state index in [4.69, 9.17) is 4.74 Å². The van der Waals surface area contributed by atoms with Gasteiger partial charge < -0.3 is 15.0 Å². The van der Waals surface area contributed by atoms with Gasteiger partial charge in [0.25, 0.3) is 5.91 Å². The molecule has 0 spiro atoms. The van der Waals surface area contributed by atoms with E-state index in [1.165, 1.54) is 0 Å². The Morgan fingerprint density at radius 2 is 1.88 bits per heavy atom. The van der Waals surface area contributed by atoms with Crippen molar-refractivity contribution in [1.82, 2.24) is 10.2 Å². The van der Waals surface area contributed by atoms with Crippen molar-refractivity contribution in [1.29, 1.82) is 0 Å². The van der Waals surface area contributed by atoms with E-state index in [1.807, 2.05) is 25.7 Å². The molecule has 1 aliphatic carbocycles. The topological polar surface area (TPSA) is 58.6 Å². The van der Waals surface area contributed by atoms with Crippen molar-refractivity contribution in [2.24, 2.45) is 5.92 Å². The maximum absolute atomic E-state index is 12.9. The molecular formula is C20H30N2O3. The highest BCUT2D eigenvalue weighted by atomic mass is 16.5.